The van der Waals surface area contributed by atoms with E-state index in [-0.39, 0.29) is 11.6 Å². The van der Waals surface area contributed by atoms with Crippen molar-refractivity contribution in [3.05, 3.63) is 76.7 Å². The zero-order valence-electron chi connectivity index (χ0n) is 13.3. The van der Waals surface area contributed by atoms with E-state index >= 15 is 0 Å². The van der Waals surface area contributed by atoms with Crippen LogP contribution in [-0.4, -0.2) is 9.78 Å². The van der Waals surface area contributed by atoms with Gasteiger partial charge in [0, 0.05) is 5.56 Å². The lowest BCUT2D eigenvalue weighted by molar-refractivity contribution is 0.504. The first-order valence-corrected chi connectivity index (χ1v) is 7.61. The third-order valence-electron chi connectivity index (χ3n) is 3.74. The Bertz CT molecular complexity index is 948. The van der Waals surface area contributed by atoms with Crippen molar-refractivity contribution in [1.29, 1.82) is 0 Å². The fourth-order valence-electron chi connectivity index (χ4n) is 2.63. The van der Waals surface area contributed by atoms with Gasteiger partial charge in [0.05, 0.1) is 17.8 Å². The molecule has 0 unspecified atom stereocenters. The van der Waals surface area contributed by atoms with Gasteiger partial charge in [0.1, 0.15) is 11.6 Å². The van der Waals surface area contributed by atoms with E-state index in [1.807, 2.05) is 13.8 Å². The molecule has 0 atom stereocenters. The topological polar surface area (TPSA) is 34.9 Å². The van der Waals surface area contributed by atoms with Crippen LogP contribution in [0.3, 0.4) is 0 Å². The van der Waals surface area contributed by atoms with Gasteiger partial charge in [-0.25, -0.2) is 13.5 Å². The van der Waals surface area contributed by atoms with Gasteiger partial charge >= 0.3 is 0 Å². The molecule has 3 aromatic rings. The summed E-state index contributed by atoms with van der Waals surface area (Å²) in [6.45, 7) is 3.68. The average Bonchev–Trinajstić information content (AvgIpc) is 2.54. The van der Waals surface area contributed by atoms with E-state index in [4.69, 9.17) is 0 Å². The van der Waals surface area contributed by atoms with Gasteiger partial charge in [0.25, 0.3) is 5.56 Å². The lowest BCUT2D eigenvalue weighted by atomic mass is 9.97. The van der Waals surface area contributed by atoms with Crippen LogP contribution < -0.4 is 5.56 Å². The van der Waals surface area contributed by atoms with Gasteiger partial charge in [0.2, 0.25) is 0 Å². The molecule has 1 heterocycles. The molecular formula is C19H16F2N2O. The van der Waals surface area contributed by atoms with Crippen LogP contribution in [0, 0.1) is 11.6 Å². The highest BCUT2D eigenvalue weighted by molar-refractivity contribution is 5.82. The van der Waals surface area contributed by atoms with E-state index in [0.717, 1.165) is 0 Å². The molecular weight excluding hydrogens is 310 g/mol. The van der Waals surface area contributed by atoms with Gasteiger partial charge in [-0.2, -0.15) is 5.10 Å². The molecule has 0 aliphatic heterocycles. The molecule has 3 nitrogen and oxygen atoms in total. The molecule has 1 aromatic heterocycles. The summed E-state index contributed by atoms with van der Waals surface area (Å²) in [4.78, 5) is 12.9. The lowest BCUT2D eigenvalue weighted by Crippen LogP contribution is -2.26. The van der Waals surface area contributed by atoms with Gasteiger partial charge in [-0.3, -0.25) is 4.79 Å². The summed E-state index contributed by atoms with van der Waals surface area (Å²) in [7, 11) is 0. The third kappa shape index (κ3) is 2.97. The summed E-state index contributed by atoms with van der Waals surface area (Å²) >= 11 is 0. The van der Waals surface area contributed by atoms with Crippen molar-refractivity contribution in [3.63, 3.8) is 0 Å². The molecule has 0 bridgehead atoms. The van der Waals surface area contributed by atoms with E-state index in [0.29, 0.717) is 22.3 Å². The molecule has 24 heavy (non-hydrogen) atoms. The lowest BCUT2D eigenvalue weighted by Gasteiger charge is -2.14. The first kappa shape index (κ1) is 16.1. The molecule has 0 saturated carbocycles. The maximum atomic E-state index is 13.7. The zero-order valence-corrected chi connectivity index (χ0v) is 13.3. The van der Waals surface area contributed by atoms with Gasteiger partial charge in [-0.1, -0.05) is 24.3 Å². The number of nitrogens with zero attached hydrogens (tertiary/aromatic N) is 2. The maximum Gasteiger partial charge on any atom is 0.275 e. The van der Waals surface area contributed by atoms with Crippen LogP contribution in [0.5, 0.6) is 0 Å². The van der Waals surface area contributed by atoms with E-state index in [1.54, 1.807) is 24.3 Å². The van der Waals surface area contributed by atoms with Crippen LogP contribution >= 0.6 is 0 Å². The number of hydrogen-bond acceptors (Lipinski definition) is 2. The predicted molar refractivity (Wildman–Crippen MR) is 89.7 cm³/mol. The molecule has 0 fully saturated rings. The summed E-state index contributed by atoms with van der Waals surface area (Å²) in [6, 6.07) is 11.6. The minimum atomic E-state index is -0.440. The van der Waals surface area contributed by atoms with Crippen molar-refractivity contribution < 1.29 is 8.78 Å². The molecule has 3 rings (SSSR count). The van der Waals surface area contributed by atoms with Crippen molar-refractivity contribution in [1.82, 2.24) is 9.78 Å². The smallest absolute Gasteiger partial charge is 0.267 e. The Labute approximate surface area is 138 Å². The highest BCUT2D eigenvalue weighted by Gasteiger charge is 2.17. The largest absolute Gasteiger partial charge is 0.275 e. The average molecular weight is 326 g/mol. The molecule has 0 N–H and O–H groups in total. The van der Waals surface area contributed by atoms with Gasteiger partial charge < -0.3 is 0 Å². The second-order valence-electron chi connectivity index (χ2n) is 5.80. The summed E-state index contributed by atoms with van der Waals surface area (Å²) in [5.41, 5.74) is 1.41. The van der Waals surface area contributed by atoms with Crippen LogP contribution in [0.1, 0.15) is 19.9 Å². The second kappa shape index (κ2) is 6.35. The molecule has 0 aliphatic carbocycles. The van der Waals surface area contributed by atoms with Gasteiger partial charge in [-0.05, 0) is 49.2 Å². The zero-order chi connectivity index (χ0) is 17.3. The molecule has 0 saturated heterocycles. The quantitative estimate of drug-likeness (QED) is 0.713. The standard InChI is InChI=1S/C19H16F2N2O/c1-12(2)23-19(24)18(14-6-4-8-16(21)10-14)17(11-22-23)13-5-3-7-15(20)9-13/h3-12H,1-2H3. The molecule has 0 aliphatic rings. The van der Waals surface area contributed by atoms with Crippen LogP contribution in [0.15, 0.2) is 59.5 Å². The Morgan fingerprint density at radius 3 is 2.12 bits per heavy atom. The molecule has 0 amide bonds. The molecule has 2 aromatic carbocycles. The van der Waals surface area contributed by atoms with E-state index in [9.17, 15) is 13.6 Å². The van der Waals surface area contributed by atoms with Gasteiger partial charge in [-0.15, -0.1) is 0 Å². The molecule has 122 valence electrons. The Kier molecular flexibility index (Phi) is 4.25. The summed E-state index contributed by atoms with van der Waals surface area (Å²) < 4.78 is 28.6. The Hall–Kier alpha value is -2.82. The van der Waals surface area contributed by atoms with E-state index < -0.39 is 11.6 Å². The number of halogens is 2. The minimum absolute atomic E-state index is 0.147. The van der Waals surface area contributed by atoms with Crippen LogP contribution in [0.2, 0.25) is 0 Å². The van der Waals surface area contributed by atoms with Crippen molar-refractivity contribution in [2.45, 2.75) is 19.9 Å². The van der Waals surface area contributed by atoms with Crippen molar-refractivity contribution in [3.8, 4) is 22.3 Å². The SMILES string of the molecule is CC(C)n1ncc(-c2cccc(F)c2)c(-c2cccc(F)c2)c1=O. The normalized spacial score (nSPS) is 11.0. The monoisotopic (exact) mass is 326 g/mol. The highest BCUT2D eigenvalue weighted by atomic mass is 19.1. The fourth-order valence-corrected chi connectivity index (χ4v) is 2.63. The van der Waals surface area contributed by atoms with Crippen molar-refractivity contribution >= 4 is 0 Å². The first-order chi connectivity index (χ1) is 11.5. The van der Waals surface area contributed by atoms with Gasteiger partial charge in [0.15, 0.2) is 0 Å². The maximum absolute atomic E-state index is 13.7. The van der Waals surface area contributed by atoms with E-state index in [2.05, 4.69) is 5.10 Å². The predicted octanol–water partition coefficient (Wildman–Crippen LogP) is 4.44. The molecule has 0 spiro atoms. The fraction of sp³-hybridized carbons (Fsp3) is 0.158. The van der Waals surface area contributed by atoms with Crippen molar-refractivity contribution in [2.75, 3.05) is 0 Å². The number of rotatable bonds is 3. The van der Waals surface area contributed by atoms with E-state index in [1.165, 1.54) is 35.1 Å². The molecule has 5 heteroatoms. The molecule has 0 radical (unpaired) electrons. The Morgan fingerprint density at radius 1 is 0.958 bits per heavy atom. The summed E-state index contributed by atoms with van der Waals surface area (Å²) in [5.74, 6) is -0.851. The number of benzene rings is 2. The highest BCUT2D eigenvalue weighted by Crippen LogP contribution is 2.29. The van der Waals surface area contributed by atoms with Crippen LogP contribution in [0.4, 0.5) is 8.78 Å². The Balaban J connectivity index is 2.34. The first-order valence-electron chi connectivity index (χ1n) is 7.61. The second-order valence-corrected chi connectivity index (χ2v) is 5.80. The third-order valence-corrected chi connectivity index (χ3v) is 3.74. The van der Waals surface area contributed by atoms with Crippen LogP contribution in [0.25, 0.3) is 22.3 Å². The summed E-state index contributed by atoms with van der Waals surface area (Å²) in [5, 5.41) is 4.18. The van der Waals surface area contributed by atoms with Crippen LogP contribution in [-0.2, 0) is 0 Å². The summed E-state index contributed by atoms with van der Waals surface area (Å²) in [6.07, 6.45) is 1.52. The minimum Gasteiger partial charge on any atom is -0.267 e. The van der Waals surface area contributed by atoms with Crippen molar-refractivity contribution in [2.24, 2.45) is 0 Å². The Morgan fingerprint density at radius 2 is 1.54 bits per heavy atom. The number of aromatic nitrogens is 2. The number of hydrogen-bond donors (Lipinski definition) is 0.